The molecule has 1 aliphatic rings. The Hall–Kier alpha value is -3.18. The lowest BCUT2D eigenvalue weighted by atomic mass is 9.97. The number of hydrogen-bond donors (Lipinski definition) is 1. The van der Waals surface area contributed by atoms with Crippen molar-refractivity contribution in [3.63, 3.8) is 0 Å². The maximum absolute atomic E-state index is 12.6. The Bertz CT molecular complexity index is 1050. The van der Waals surface area contributed by atoms with Gasteiger partial charge in [-0.05, 0) is 36.2 Å². The maximum atomic E-state index is 12.6. The zero-order valence-electron chi connectivity index (χ0n) is 15.4. The normalized spacial score (nSPS) is 16.3. The van der Waals surface area contributed by atoms with Gasteiger partial charge in [0, 0.05) is 42.5 Å². The number of alkyl halides is 3. The molecule has 29 heavy (non-hydrogen) atoms. The molecule has 4 rings (SSSR count). The Morgan fingerprint density at radius 3 is 2.69 bits per heavy atom. The monoisotopic (exact) mass is 397 g/mol. The molecule has 5 nitrogen and oxygen atoms in total. The van der Waals surface area contributed by atoms with Gasteiger partial charge in [-0.1, -0.05) is 12.1 Å². The van der Waals surface area contributed by atoms with E-state index in [1.165, 1.54) is 0 Å². The molecule has 1 N–H and O–H groups in total. The van der Waals surface area contributed by atoms with E-state index in [1.807, 2.05) is 18.2 Å². The van der Waals surface area contributed by atoms with Crippen LogP contribution >= 0.6 is 0 Å². The largest absolute Gasteiger partial charge is 0.389 e. The van der Waals surface area contributed by atoms with Crippen molar-refractivity contribution in [1.82, 2.24) is 20.1 Å². The fraction of sp³-hybridized carbons (Fsp3) is 0.286. The third kappa shape index (κ3) is 4.15. The van der Waals surface area contributed by atoms with E-state index < -0.39 is 12.6 Å². The van der Waals surface area contributed by atoms with Crippen molar-refractivity contribution >= 4 is 0 Å². The van der Waals surface area contributed by atoms with Crippen LogP contribution < -0.4 is 5.32 Å². The molecule has 3 heterocycles. The molecule has 1 atom stereocenters. The number of nitrogens with one attached hydrogen (secondary N) is 1. The molecule has 0 radical (unpaired) electrons. The first-order chi connectivity index (χ1) is 13.9. The average molecular weight is 397 g/mol. The van der Waals surface area contributed by atoms with E-state index in [0.717, 1.165) is 22.4 Å². The molecular formula is C21H18F3N5. The molecule has 0 aliphatic carbocycles. The number of benzene rings is 1. The molecule has 1 aromatic carbocycles. The summed E-state index contributed by atoms with van der Waals surface area (Å²) in [5, 5.41) is 17.2. The van der Waals surface area contributed by atoms with Crippen LogP contribution in [0.15, 0.2) is 48.8 Å². The number of nitriles is 1. The van der Waals surface area contributed by atoms with Gasteiger partial charge in [0.05, 0.1) is 23.9 Å². The van der Waals surface area contributed by atoms with Crippen molar-refractivity contribution < 1.29 is 13.2 Å². The van der Waals surface area contributed by atoms with E-state index in [9.17, 15) is 18.4 Å². The number of rotatable bonds is 4. The first kappa shape index (κ1) is 19.2. The molecule has 0 spiro atoms. The molecule has 1 aliphatic heterocycles. The van der Waals surface area contributed by atoms with Gasteiger partial charge < -0.3 is 5.32 Å². The SMILES string of the molecule is N#Cc1cccc(-c2nn3c(c2-c2ccncc2)CN[C@@H](CCC(F)(F)F)C3)c1. The number of halogens is 3. The molecule has 0 bridgehead atoms. The van der Waals surface area contributed by atoms with Crippen LogP contribution in [0, 0.1) is 11.3 Å². The number of nitrogens with zero attached hydrogens (tertiary/aromatic N) is 4. The summed E-state index contributed by atoms with van der Waals surface area (Å²) in [6.45, 7) is 0.784. The predicted octanol–water partition coefficient (Wildman–Crippen LogP) is 4.30. The lowest BCUT2D eigenvalue weighted by molar-refractivity contribution is -0.137. The second kappa shape index (κ2) is 7.68. The summed E-state index contributed by atoms with van der Waals surface area (Å²) in [6.07, 6.45) is -1.60. The van der Waals surface area contributed by atoms with Crippen LogP contribution in [-0.2, 0) is 13.1 Å². The van der Waals surface area contributed by atoms with Gasteiger partial charge in [-0.2, -0.15) is 23.5 Å². The van der Waals surface area contributed by atoms with Gasteiger partial charge in [-0.25, -0.2) is 0 Å². The van der Waals surface area contributed by atoms with Crippen LogP contribution in [0.5, 0.6) is 0 Å². The van der Waals surface area contributed by atoms with Crippen LogP contribution in [0.25, 0.3) is 22.4 Å². The predicted molar refractivity (Wildman–Crippen MR) is 102 cm³/mol. The quantitative estimate of drug-likeness (QED) is 0.713. The van der Waals surface area contributed by atoms with E-state index in [4.69, 9.17) is 5.10 Å². The van der Waals surface area contributed by atoms with E-state index >= 15 is 0 Å². The molecule has 3 aromatic rings. The summed E-state index contributed by atoms with van der Waals surface area (Å²) >= 11 is 0. The summed E-state index contributed by atoms with van der Waals surface area (Å²) < 4.78 is 39.6. The standard InChI is InChI=1S/C21H18F3N5/c22-21(23,24)7-4-17-13-29-18(12-27-17)19(15-5-8-26-9-6-15)20(28-29)16-3-1-2-14(10-16)11-25/h1-3,5-6,8-10,17,27H,4,7,12-13H2/t17-/m0/s1. The van der Waals surface area contributed by atoms with Crippen LogP contribution in [0.4, 0.5) is 13.2 Å². The van der Waals surface area contributed by atoms with Gasteiger partial charge >= 0.3 is 6.18 Å². The Balaban J connectivity index is 1.75. The molecule has 0 saturated carbocycles. The first-order valence-electron chi connectivity index (χ1n) is 9.25. The highest BCUT2D eigenvalue weighted by atomic mass is 19.4. The number of fused-ring (bicyclic) bond motifs is 1. The molecule has 2 aromatic heterocycles. The molecule has 0 fully saturated rings. The molecule has 8 heteroatoms. The minimum atomic E-state index is -4.17. The third-order valence-electron chi connectivity index (χ3n) is 5.02. The van der Waals surface area contributed by atoms with Crippen LogP contribution in [0.1, 0.15) is 24.1 Å². The van der Waals surface area contributed by atoms with E-state index in [0.29, 0.717) is 24.3 Å². The maximum Gasteiger partial charge on any atom is 0.389 e. The Kier molecular flexibility index (Phi) is 5.07. The molecule has 0 saturated heterocycles. The summed E-state index contributed by atoms with van der Waals surface area (Å²) in [7, 11) is 0. The van der Waals surface area contributed by atoms with E-state index in [-0.39, 0.29) is 12.5 Å². The lowest BCUT2D eigenvalue weighted by Gasteiger charge is -2.26. The highest BCUT2D eigenvalue weighted by Crippen LogP contribution is 2.36. The summed E-state index contributed by atoms with van der Waals surface area (Å²) in [5.74, 6) is 0. The highest BCUT2D eigenvalue weighted by molar-refractivity contribution is 5.83. The van der Waals surface area contributed by atoms with Gasteiger partial charge in [0.25, 0.3) is 0 Å². The second-order valence-corrected chi connectivity index (χ2v) is 7.01. The zero-order valence-corrected chi connectivity index (χ0v) is 15.4. The Labute approximate surface area is 165 Å². The number of pyridine rings is 1. The minimum Gasteiger partial charge on any atom is -0.307 e. The smallest absolute Gasteiger partial charge is 0.307 e. The van der Waals surface area contributed by atoms with Gasteiger partial charge in [0.2, 0.25) is 0 Å². The van der Waals surface area contributed by atoms with Crippen molar-refractivity contribution in [3.8, 4) is 28.5 Å². The van der Waals surface area contributed by atoms with Crippen LogP contribution in [0.3, 0.4) is 0 Å². The molecule has 0 unspecified atom stereocenters. The Morgan fingerprint density at radius 1 is 1.17 bits per heavy atom. The van der Waals surface area contributed by atoms with Gasteiger partial charge in [-0.3, -0.25) is 9.67 Å². The summed E-state index contributed by atoms with van der Waals surface area (Å²) in [4.78, 5) is 4.06. The van der Waals surface area contributed by atoms with Gasteiger partial charge in [0.15, 0.2) is 0 Å². The summed E-state index contributed by atoms with van der Waals surface area (Å²) in [6, 6.07) is 12.8. The van der Waals surface area contributed by atoms with Crippen LogP contribution in [0.2, 0.25) is 0 Å². The van der Waals surface area contributed by atoms with Crippen molar-refractivity contribution in [2.24, 2.45) is 0 Å². The van der Waals surface area contributed by atoms with Crippen molar-refractivity contribution in [2.45, 2.75) is 38.1 Å². The molecular weight excluding hydrogens is 379 g/mol. The topological polar surface area (TPSA) is 66.5 Å². The number of hydrogen-bond acceptors (Lipinski definition) is 4. The summed E-state index contributed by atoms with van der Waals surface area (Å²) in [5.41, 5.74) is 4.77. The van der Waals surface area contributed by atoms with Crippen molar-refractivity contribution in [3.05, 3.63) is 60.0 Å². The number of aromatic nitrogens is 3. The lowest BCUT2D eigenvalue weighted by Crippen LogP contribution is -2.39. The van der Waals surface area contributed by atoms with Gasteiger partial charge in [-0.15, -0.1) is 0 Å². The fourth-order valence-electron chi connectivity index (χ4n) is 3.63. The van der Waals surface area contributed by atoms with Gasteiger partial charge in [0.1, 0.15) is 5.69 Å². The minimum absolute atomic E-state index is 0.00659. The first-order valence-corrected chi connectivity index (χ1v) is 9.25. The Morgan fingerprint density at radius 2 is 1.97 bits per heavy atom. The zero-order chi connectivity index (χ0) is 20.4. The van der Waals surface area contributed by atoms with Crippen LogP contribution in [-0.4, -0.2) is 27.0 Å². The average Bonchev–Trinajstić information content (AvgIpc) is 3.11. The van der Waals surface area contributed by atoms with Crippen molar-refractivity contribution in [1.29, 1.82) is 5.26 Å². The van der Waals surface area contributed by atoms with Crippen molar-refractivity contribution in [2.75, 3.05) is 0 Å². The third-order valence-corrected chi connectivity index (χ3v) is 5.02. The molecule has 0 amide bonds. The fourth-order valence-corrected chi connectivity index (χ4v) is 3.63. The van der Waals surface area contributed by atoms with E-state index in [1.54, 1.807) is 35.3 Å². The highest BCUT2D eigenvalue weighted by Gasteiger charge is 2.31. The van der Waals surface area contributed by atoms with E-state index in [2.05, 4.69) is 16.4 Å². The second-order valence-electron chi connectivity index (χ2n) is 7.01. The molecule has 148 valence electrons.